The zero-order valence-corrected chi connectivity index (χ0v) is 10.9. The van der Waals surface area contributed by atoms with Gasteiger partial charge in [0.25, 0.3) is 0 Å². The summed E-state index contributed by atoms with van der Waals surface area (Å²) >= 11 is 0. The SMILES string of the molecule is COc1nc(C)ccc1CNC[C@@H]1CCC(O)N1. The summed E-state index contributed by atoms with van der Waals surface area (Å²) in [5.41, 5.74) is 2.01. The van der Waals surface area contributed by atoms with E-state index in [1.54, 1.807) is 7.11 Å². The van der Waals surface area contributed by atoms with E-state index in [1.807, 2.05) is 19.1 Å². The highest BCUT2D eigenvalue weighted by Gasteiger charge is 2.20. The Bertz CT molecular complexity index is 398. The molecule has 1 aromatic rings. The molecule has 1 aliphatic heterocycles. The lowest BCUT2D eigenvalue weighted by molar-refractivity contribution is 0.154. The third kappa shape index (κ3) is 3.41. The molecular weight excluding hydrogens is 230 g/mol. The first kappa shape index (κ1) is 13.3. The molecule has 0 aliphatic carbocycles. The van der Waals surface area contributed by atoms with E-state index in [0.717, 1.165) is 37.2 Å². The molecule has 0 spiro atoms. The first-order chi connectivity index (χ1) is 8.69. The number of aromatic nitrogens is 1. The molecule has 0 bridgehead atoms. The predicted molar refractivity (Wildman–Crippen MR) is 69.4 cm³/mol. The number of nitrogens with one attached hydrogen (secondary N) is 2. The van der Waals surface area contributed by atoms with E-state index in [1.165, 1.54) is 0 Å². The van der Waals surface area contributed by atoms with Gasteiger partial charge in [-0.05, 0) is 25.8 Å². The number of ether oxygens (including phenoxy) is 1. The minimum absolute atomic E-state index is 0.340. The second-order valence-corrected chi connectivity index (χ2v) is 4.71. The van der Waals surface area contributed by atoms with Crippen molar-refractivity contribution in [3.63, 3.8) is 0 Å². The summed E-state index contributed by atoms with van der Waals surface area (Å²) in [7, 11) is 1.64. The summed E-state index contributed by atoms with van der Waals surface area (Å²) in [6.07, 6.45) is 1.51. The van der Waals surface area contributed by atoms with E-state index in [9.17, 15) is 5.11 Å². The van der Waals surface area contributed by atoms with E-state index in [-0.39, 0.29) is 6.23 Å². The van der Waals surface area contributed by atoms with Crippen molar-refractivity contribution in [2.75, 3.05) is 13.7 Å². The van der Waals surface area contributed by atoms with Crippen LogP contribution in [0.5, 0.6) is 5.88 Å². The van der Waals surface area contributed by atoms with Gasteiger partial charge in [0.2, 0.25) is 5.88 Å². The van der Waals surface area contributed by atoms with Crippen LogP contribution in [0.3, 0.4) is 0 Å². The molecule has 1 unspecified atom stereocenters. The molecule has 0 amide bonds. The summed E-state index contributed by atoms with van der Waals surface area (Å²) < 4.78 is 5.26. The number of aliphatic hydroxyl groups excluding tert-OH is 1. The lowest BCUT2D eigenvalue weighted by Crippen LogP contribution is -2.37. The summed E-state index contributed by atoms with van der Waals surface area (Å²) in [4.78, 5) is 4.34. The lowest BCUT2D eigenvalue weighted by Gasteiger charge is -2.13. The smallest absolute Gasteiger partial charge is 0.217 e. The Morgan fingerprint density at radius 1 is 1.50 bits per heavy atom. The van der Waals surface area contributed by atoms with Gasteiger partial charge in [-0.15, -0.1) is 0 Å². The van der Waals surface area contributed by atoms with Crippen LogP contribution in [0.1, 0.15) is 24.1 Å². The molecule has 3 N–H and O–H groups in total. The van der Waals surface area contributed by atoms with Crippen molar-refractivity contribution in [3.05, 3.63) is 23.4 Å². The average Bonchev–Trinajstić information content (AvgIpc) is 2.77. The van der Waals surface area contributed by atoms with Crippen molar-refractivity contribution in [3.8, 4) is 5.88 Å². The van der Waals surface area contributed by atoms with Gasteiger partial charge < -0.3 is 15.2 Å². The van der Waals surface area contributed by atoms with E-state index < -0.39 is 0 Å². The molecule has 0 saturated carbocycles. The number of hydrogen-bond donors (Lipinski definition) is 3. The number of aliphatic hydroxyl groups is 1. The number of pyridine rings is 1. The van der Waals surface area contributed by atoms with Gasteiger partial charge in [-0.2, -0.15) is 0 Å². The van der Waals surface area contributed by atoms with Gasteiger partial charge in [0.15, 0.2) is 0 Å². The molecule has 0 aromatic carbocycles. The van der Waals surface area contributed by atoms with Crippen molar-refractivity contribution in [2.45, 2.75) is 38.6 Å². The zero-order chi connectivity index (χ0) is 13.0. The first-order valence-corrected chi connectivity index (χ1v) is 6.34. The second-order valence-electron chi connectivity index (χ2n) is 4.71. The molecular formula is C13H21N3O2. The standard InChI is InChI=1S/C13H21N3O2/c1-9-3-4-10(13(15-9)18-2)7-14-8-11-5-6-12(17)16-11/h3-4,11-12,14,16-17H,5-8H2,1-2H3/t11-,12?/m0/s1. The van der Waals surface area contributed by atoms with Crippen LogP contribution < -0.4 is 15.4 Å². The van der Waals surface area contributed by atoms with E-state index in [4.69, 9.17) is 4.74 Å². The van der Waals surface area contributed by atoms with Crippen LogP contribution in [0.15, 0.2) is 12.1 Å². The van der Waals surface area contributed by atoms with Crippen LogP contribution in [0.4, 0.5) is 0 Å². The number of hydrogen-bond acceptors (Lipinski definition) is 5. The van der Waals surface area contributed by atoms with Crippen molar-refractivity contribution in [2.24, 2.45) is 0 Å². The van der Waals surface area contributed by atoms with E-state index >= 15 is 0 Å². The number of rotatable bonds is 5. The Balaban J connectivity index is 1.83. The van der Waals surface area contributed by atoms with E-state index in [2.05, 4.69) is 15.6 Å². The molecule has 0 radical (unpaired) electrons. The van der Waals surface area contributed by atoms with Gasteiger partial charge in [-0.1, -0.05) is 6.07 Å². The maximum absolute atomic E-state index is 9.36. The highest BCUT2D eigenvalue weighted by atomic mass is 16.5. The van der Waals surface area contributed by atoms with Crippen molar-refractivity contribution < 1.29 is 9.84 Å². The highest BCUT2D eigenvalue weighted by Crippen LogP contribution is 2.15. The zero-order valence-electron chi connectivity index (χ0n) is 10.9. The molecule has 5 nitrogen and oxygen atoms in total. The molecule has 1 aromatic heterocycles. The van der Waals surface area contributed by atoms with Crippen molar-refractivity contribution >= 4 is 0 Å². The van der Waals surface area contributed by atoms with Crippen molar-refractivity contribution in [1.29, 1.82) is 0 Å². The fraction of sp³-hybridized carbons (Fsp3) is 0.615. The third-order valence-corrected chi connectivity index (χ3v) is 3.19. The molecule has 18 heavy (non-hydrogen) atoms. The topological polar surface area (TPSA) is 66.4 Å². The van der Waals surface area contributed by atoms with Crippen molar-refractivity contribution in [1.82, 2.24) is 15.6 Å². The Morgan fingerprint density at radius 3 is 3.00 bits per heavy atom. The Hall–Kier alpha value is -1.17. The first-order valence-electron chi connectivity index (χ1n) is 6.34. The highest BCUT2D eigenvalue weighted by molar-refractivity contribution is 5.27. The fourth-order valence-electron chi connectivity index (χ4n) is 2.21. The van der Waals surface area contributed by atoms with Gasteiger partial charge in [0, 0.05) is 30.4 Å². The molecule has 100 valence electrons. The molecule has 2 heterocycles. The summed E-state index contributed by atoms with van der Waals surface area (Å²) in [5, 5.41) is 15.8. The molecule has 2 atom stereocenters. The molecule has 1 saturated heterocycles. The number of methoxy groups -OCH3 is 1. The van der Waals surface area contributed by atoms with Crippen LogP contribution in [-0.2, 0) is 6.54 Å². The Morgan fingerprint density at radius 2 is 2.33 bits per heavy atom. The fourth-order valence-corrected chi connectivity index (χ4v) is 2.21. The van der Waals surface area contributed by atoms with Gasteiger partial charge in [0.1, 0.15) is 6.23 Å². The molecule has 1 fully saturated rings. The Kier molecular flexibility index (Phi) is 4.52. The van der Waals surface area contributed by atoms with E-state index in [0.29, 0.717) is 11.9 Å². The van der Waals surface area contributed by atoms with Gasteiger partial charge >= 0.3 is 0 Å². The molecule has 5 heteroatoms. The maximum atomic E-state index is 9.36. The monoisotopic (exact) mass is 251 g/mol. The molecule has 2 rings (SSSR count). The largest absolute Gasteiger partial charge is 0.481 e. The van der Waals surface area contributed by atoms with Crippen LogP contribution in [0.2, 0.25) is 0 Å². The van der Waals surface area contributed by atoms with Gasteiger partial charge in [-0.25, -0.2) is 4.98 Å². The second kappa shape index (κ2) is 6.13. The van der Waals surface area contributed by atoms with Crippen LogP contribution in [0.25, 0.3) is 0 Å². The lowest BCUT2D eigenvalue weighted by atomic mass is 10.2. The maximum Gasteiger partial charge on any atom is 0.217 e. The Labute approximate surface area is 108 Å². The average molecular weight is 251 g/mol. The minimum Gasteiger partial charge on any atom is -0.481 e. The van der Waals surface area contributed by atoms with Crippen LogP contribution in [-0.4, -0.2) is 36.0 Å². The molecule has 1 aliphatic rings. The van der Waals surface area contributed by atoms with Crippen LogP contribution in [0, 0.1) is 6.92 Å². The van der Waals surface area contributed by atoms with Gasteiger partial charge in [0.05, 0.1) is 7.11 Å². The van der Waals surface area contributed by atoms with Gasteiger partial charge in [-0.3, -0.25) is 5.32 Å². The normalized spacial score (nSPS) is 23.3. The number of nitrogens with zero attached hydrogens (tertiary/aromatic N) is 1. The third-order valence-electron chi connectivity index (χ3n) is 3.19. The minimum atomic E-state index is -0.340. The number of aryl methyl sites for hydroxylation is 1. The summed E-state index contributed by atoms with van der Waals surface area (Å²) in [6.45, 7) is 3.52. The van der Waals surface area contributed by atoms with Crippen LogP contribution >= 0.6 is 0 Å². The summed E-state index contributed by atoms with van der Waals surface area (Å²) in [6, 6.07) is 4.37. The summed E-state index contributed by atoms with van der Waals surface area (Å²) in [5.74, 6) is 0.682. The quantitative estimate of drug-likeness (QED) is 0.713. The predicted octanol–water partition coefficient (Wildman–Crippen LogP) is 0.559.